The summed E-state index contributed by atoms with van der Waals surface area (Å²) in [5.41, 5.74) is 0.807. The number of thioether (sulfide) groups is 1. The number of carbonyl (C=O) groups excluding carboxylic acids is 1. The van der Waals surface area contributed by atoms with Gasteiger partial charge in [0.15, 0.2) is 0 Å². The number of hydrogen-bond acceptors (Lipinski definition) is 4. The highest BCUT2D eigenvalue weighted by atomic mass is 32.2. The molecule has 4 nitrogen and oxygen atoms in total. The molecule has 0 aromatic carbocycles. The Morgan fingerprint density at radius 2 is 2.44 bits per heavy atom. The summed E-state index contributed by atoms with van der Waals surface area (Å²) in [6, 6.07) is 5.10. The smallest absolute Gasteiger partial charge is 0.269 e. The fourth-order valence-corrected chi connectivity index (χ4v) is 1.54. The normalized spacial score (nSPS) is 9.50. The van der Waals surface area contributed by atoms with Crippen LogP contribution in [0.4, 0.5) is 0 Å². The average Bonchev–Trinajstić information content (AvgIpc) is 2.34. The van der Waals surface area contributed by atoms with Gasteiger partial charge < -0.3 is 5.32 Å². The lowest BCUT2D eigenvalue weighted by Gasteiger charge is -2.03. The second-order valence-corrected chi connectivity index (χ2v) is 4.13. The number of amides is 1. The van der Waals surface area contributed by atoms with Crippen molar-refractivity contribution in [1.29, 1.82) is 5.26 Å². The van der Waals surface area contributed by atoms with Crippen LogP contribution in [0, 0.1) is 11.3 Å². The first kappa shape index (κ1) is 12.5. The van der Waals surface area contributed by atoms with Gasteiger partial charge in [-0.25, -0.2) is 4.98 Å². The highest BCUT2D eigenvalue weighted by Crippen LogP contribution is 1.99. The maximum atomic E-state index is 11.5. The van der Waals surface area contributed by atoms with E-state index >= 15 is 0 Å². The van der Waals surface area contributed by atoms with Gasteiger partial charge in [-0.3, -0.25) is 4.79 Å². The number of pyridine rings is 1. The molecule has 16 heavy (non-hydrogen) atoms. The third-order valence-electron chi connectivity index (χ3n) is 1.94. The zero-order valence-corrected chi connectivity index (χ0v) is 9.88. The van der Waals surface area contributed by atoms with E-state index in [-0.39, 0.29) is 5.91 Å². The molecule has 0 bridgehead atoms. The molecule has 84 valence electrons. The van der Waals surface area contributed by atoms with Crippen LogP contribution in [-0.2, 0) is 0 Å². The van der Waals surface area contributed by atoms with E-state index in [0.29, 0.717) is 17.8 Å². The van der Waals surface area contributed by atoms with Gasteiger partial charge >= 0.3 is 0 Å². The molecule has 1 amide bonds. The quantitative estimate of drug-likeness (QED) is 0.784. The summed E-state index contributed by atoms with van der Waals surface area (Å²) in [6.07, 6.45) is 4.38. The predicted molar refractivity (Wildman–Crippen MR) is 64.3 cm³/mol. The van der Waals surface area contributed by atoms with Crippen LogP contribution < -0.4 is 5.32 Å². The van der Waals surface area contributed by atoms with Gasteiger partial charge in [0, 0.05) is 12.7 Å². The van der Waals surface area contributed by atoms with Gasteiger partial charge in [0.25, 0.3) is 5.91 Å². The van der Waals surface area contributed by atoms with Crippen molar-refractivity contribution in [2.75, 3.05) is 18.6 Å². The topological polar surface area (TPSA) is 65.8 Å². The van der Waals surface area contributed by atoms with Gasteiger partial charge in [0.1, 0.15) is 11.8 Å². The van der Waals surface area contributed by atoms with Crippen LogP contribution in [-0.4, -0.2) is 29.4 Å². The Bertz CT molecular complexity index is 383. The van der Waals surface area contributed by atoms with E-state index in [1.165, 1.54) is 6.20 Å². The maximum Gasteiger partial charge on any atom is 0.269 e. The molecule has 0 atom stereocenters. The first-order valence-corrected chi connectivity index (χ1v) is 6.30. The Labute approximate surface area is 99.1 Å². The van der Waals surface area contributed by atoms with Crippen molar-refractivity contribution in [3.8, 4) is 6.07 Å². The van der Waals surface area contributed by atoms with Crippen molar-refractivity contribution < 1.29 is 4.79 Å². The molecular weight excluding hydrogens is 222 g/mol. The van der Waals surface area contributed by atoms with Crippen LogP contribution in [0.5, 0.6) is 0 Å². The summed E-state index contributed by atoms with van der Waals surface area (Å²) in [5, 5.41) is 11.3. The molecule has 0 radical (unpaired) electrons. The van der Waals surface area contributed by atoms with Crippen LogP contribution in [0.3, 0.4) is 0 Å². The SMILES string of the molecule is CSCCCNC(=O)c1ccc(C#N)cn1. The van der Waals surface area contributed by atoms with Gasteiger partial charge in [0.2, 0.25) is 0 Å². The van der Waals surface area contributed by atoms with Crippen LogP contribution in [0.15, 0.2) is 18.3 Å². The third-order valence-corrected chi connectivity index (χ3v) is 2.63. The monoisotopic (exact) mass is 235 g/mol. The summed E-state index contributed by atoms with van der Waals surface area (Å²) in [7, 11) is 0. The van der Waals surface area contributed by atoms with E-state index in [1.807, 2.05) is 12.3 Å². The van der Waals surface area contributed by atoms with Gasteiger partial charge in [-0.15, -0.1) is 0 Å². The summed E-state index contributed by atoms with van der Waals surface area (Å²) in [5.74, 6) is 0.840. The van der Waals surface area contributed by atoms with Gasteiger partial charge in [-0.05, 0) is 30.6 Å². The van der Waals surface area contributed by atoms with Crippen molar-refractivity contribution in [2.24, 2.45) is 0 Å². The van der Waals surface area contributed by atoms with Gasteiger partial charge in [-0.1, -0.05) is 0 Å². The maximum absolute atomic E-state index is 11.5. The summed E-state index contributed by atoms with van der Waals surface area (Å²) in [6.45, 7) is 0.654. The Balaban J connectivity index is 2.44. The van der Waals surface area contributed by atoms with Crippen molar-refractivity contribution in [2.45, 2.75) is 6.42 Å². The van der Waals surface area contributed by atoms with Crippen molar-refractivity contribution in [1.82, 2.24) is 10.3 Å². The van der Waals surface area contributed by atoms with Gasteiger partial charge in [0.05, 0.1) is 5.56 Å². The minimum absolute atomic E-state index is 0.189. The standard InChI is InChI=1S/C11H13N3OS/c1-16-6-2-5-13-11(15)10-4-3-9(7-12)8-14-10/h3-4,8H,2,5-6H2,1H3,(H,13,15). The molecule has 0 spiro atoms. The number of aromatic nitrogens is 1. The molecule has 1 aromatic rings. The molecule has 0 unspecified atom stereocenters. The van der Waals surface area contributed by atoms with Crippen LogP contribution in [0.25, 0.3) is 0 Å². The first-order chi connectivity index (χ1) is 7.77. The van der Waals surface area contributed by atoms with Crippen molar-refractivity contribution in [3.63, 3.8) is 0 Å². The van der Waals surface area contributed by atoms with Crippen LogP contribution >= 0.6 is 11.8 Å². The lowest BCUT2D eigenvalue weighted by molar-refractivity contribution is 0.0949. The Hall–Kier alpha value is -1.54. The predicted octanol–water partition coefficient (Wildman–Crippen LogP) is 1.44. The summed E-state index contributed by atoms with van der Waals surface area (Å²) >= 11 is 1.75. The molecule has 5 heteroatoms. The molecule has 0 aliphatic carbocycles. The lowest BCUT2D eigenvalue weighted by Crippen LogP contribution is -2.25. The number of nitriles is 1. The number of nitrogens with one attached hydrogen (secondary N) is 1. The van der Waals surface area contributed by atoms with Gasteiger partial charge in [-0.2, -0.15) is 17.0 Å². The zero-order chi connectivity index (χ0) is 11.8. The lowest BCUT2D eigenvalue weighted by atomic mass is 10.2. The van der Waals surface area contributed by atoms with Crippen LogP contribution in [0.2, 0.25) is 0 Å². The van der Waals surface area contributed by atoms with Crippen molar-refractivity contribution >= 4 is 17.7 Å². The molecule has 0 aliphatic heterocycles. The second-order valence-electron chi connectivity index (χ2n) is 3.15. The minimum atomic E-state index is -0.189. The van der Waals surface area contributed by atoms with E-state index in [2.05, 4.69) is 10.3 Å². The average molecular weight is 235 g/mol. The molecule has 0 aliphatic rings. The number of rotatable bonds is 5. The highest BCUT2D eigenvalue weighted by molar-refractivity contribution is 7.98. The summed E-state index contributed by atoms with van der Waals surface area (Å²) in [4.78, 5) is 15.5. The Morgan fingerprint density at radius 1 is 1.62 bits per heavy atom. The number of nitrogens with zero attached hydrogens (tertiary/aromatic N) is 2. The summed E-state index contributed by atoms with van der Waals surface area (Å²) < 4.78 is 0. The Kier molecular flexibility index (Phi) is 5.37. The molecule has 1 aromatic heterocycles. The van der Waals surface area contributed by atoms with Crippen LogP contribution in [0.1, 0.15) is 22.5 Å². The van der Waals surface area contributed by atoms with E-state index in [0.717, 1.165) is 12.2 Å². The molecule has 0 saturated heterocycles. The van der Waals surface area contributed by atoms with E-state index in [9.17, 15) is 4.79 Å². The molecule has 0 fully saturated rings. The Morgan fingerprint density at radius 3 is 3.00 bits per heavy atom. The largest absolute Gasteiger partial charge is 0.351 e. The van der Waals surface area contributed by atoms with Crippen molar-refractivity contribution in [3.05, 3.63) is 29.6 Å². The van der Waals surface area contributed by atoms with E-state index < -0.39 is 0 Å². The molecule has 1 heterocycles. The second kappa shape index (κ2) is 6.85. The number of carbonyl (C=O) groups is 1. The number of hydrogen-bond donors (Lipinski definition) is 1. The fourth-order valence-electron chi connectivity index (χ4n) is 1.10. The molecule has 1 rings (SSSR count). The highest BCUT2D eigenvalue weighted by Gasteiger charge is 2.05. The fraction of sp³-hybridized carbons (Fsp3) is 0.364. The van der Waals surface area contributed by atoms with E-state index in [1.54, 1.807) is 23.9 Å². The molecular formula is C11H13N3OS. The van der Waals surface area contributed by atoms with E-state index in [4.69, 9.17) is 5.26 Å². The minimum Gasteiger partial charge on any atom is -0.351 e. The third kappa shape index (κ3) is 3.91. The molecule has 0 saturated carbocycles. The zero-order valence-electron chi connectivity index (χ0n) is 9.06. The molecule has 1 N–H and O–H groups in total. The first-order valence-electron chi connectivity index (χ1n) is 4.91.